The van der Waals surface area contributed by atoms with Gasteiger partial charge >= 0.3 is 0 Å². The lowest BCUT2D eigenvalue weighted by Crippen LogP contribution is -1.91. The minimum atomic E-state index is 0.951. The highest BCUT2D eigenvalue weighted by molar-refractivity contribution is 7.80. The molecule has 0 atom stereocenters. The molecule has 1 heteroatoms. The van der Waals surface area contributed by atoms with E-state index in [4.69, 9.17) is 12.2 Å². The number of hydrogen-bond acceptors (Lipinski definition) is 1. The van der Waals surface area contributed by atoms with E-state index in [2.05, 4.69) is 19.1 Å². The molecular weight excluding hydrogens is 116 g/mol. The molecule has 0 aliphatic heterocycles. The quantitative estimate of drug-likeness (QED) is 0.446. The van der Waals surface area contributed by atoms with Gasteiger partial charge in [-0.15, -0.1) is 0 Å². The zero-order valence-electron chi connectivity index (χ0n) is 4.85. The molecule has 0 saturated carbocycles. The number of rotatable bonds is 0. The largest absolute Gasteiger partial charge is 0.0846 e. The lowest BCUT2D eigenvalue weighted by Gasteiger charge is -1.99. The van der Waals surface area contributed by atoms with E-state index in [1.807, 2.05) is 6.08 Å². The van der Waals surface area contributed by atoms with Crippen molar-refractivity contribution in [1.82, 2.24) is 0 Å². The molecule has 1 aliphatic rings. The molecular formula is C7H8S. The Morgan fingerprint density at radius 2 is 2.38 bits per heavy atom. The summed E-state index contributed by atoms with van der Waals surface area (Å²) in [5.41, 5.74) is 1.27. The third-order valence-electron chi connectivity index (χ3n) is 1.09. The van der Waals surface area contributed by atoms with Crippen LogP contribution in [0, 0.1) is 0 Å². The summed E-state index contributed by atoms with van der Waals surface area (Å²) in [6, 6.07) is 0. The molecule has 1 aliphatic carbocycles. The van der Waals surface area contributed by atoms with Crippen molar-refractivity contribution in [3.63, 3.8) is 0 Å². The Morgan fingerprint density at radius 1 is 1.62 bits per heavy atom. The minimum absolute atomic E-state index is 0.951. The molecule has 0 heterocycles. The van der Waals surface area contributed by atoms with Crippen LogP contribution in [0.5, 0.6) is 0 Å². The van der Waals surface area contributed by atoms with Crippen molar-refractivity contribution in [1.29, 1.82) is 0 Å². The van der Waals surface area contributed by atoms with Crippen LogP contribution in [0.2, 0.25) is 0 Å². The zero-order valence-corrected chi connectivity index (χ0v) is 5.66. The second kappa shape index (κ2) is 2.23. The van der Waals surface area contributed by atoms with Crippen LogP contribution < -0.4 is 0 Å². The van der Waals surface area contributed by atoms with E-state index < -0.39 is 0 Å². The molecule has 0 aromatic heterocycles. The van der Waals surface area contributed by atoms with Crippen molar-refractivity contribution in [2.75, 3.05) is 0 Å². The first-order valence-electron chi connectivity index (χ1n) is 2.67. The molecule has 0 fully saturated rings. The van der Waals surface area contributed by atoms with Gasteiger partial charge in [0.2, 0.25) is 0 Å². The Labute approximate surface area is 54.9 Å². The maximum absolute atomic E-state index is 4.96. The molecule has 0 nitrogen and oxygen atoms in total. The smallest absolute Gasteiger partial charge is 0.0192 e. The van der Waals surface area contributed by atoms with Crippen molar-refractivity contribution in [2.24, 2.45) is 0 Å². The topological polar surface area (TPSA) is 0 Å². The molecule has 1 rings (SSSR count). The first kappa shape index (κ1) is 5.70. The molecule has 0 aromatic rings. The van der Waals surface area contributed by atoms with Crippen molar-refractivity contribution < 1.29 is 0 Å². The summed E-state index contributed by atoms with van der Waals surface area (Å²) in [4.78, 5) is 1.05. The summed E-state index contributed by atoms with van der Waals surface area (Å²) in [5.74, 6) is 0. The summed E-state index contributed by atoms with van der Waals surface area (Å²) >= 11 is 4.96. The van der Waals surface area contributed by atoms with E-state index in [0.29, 0.717) is 0 Å². The predicted octanol–water partition coefficient (Wildman–Crippen LogP) is 2.26. The van der Waals surface area contributed by atoms with Crippen LogP contribution in [0.25, 0.3) is 0 Å². The number of hydrogen-bond donors (Lipinski definition) is 0. The molecule has 0 spiro atoms. The highest BCUT2D eigenvalue weighted by atomic mass is 32.1. The second-order valence-corrected chi connectivity index (χ2v) is 2.49. The van der Waals surface area contributed by atoms with Gasteiger partial charge in [-0.05, 0) is 13.0 Å². The Balaban J connectivity index is 2.77. The van der Waals surface area contributed by atoms with Crippen LogP contribution in [0.4, 0.5) is 0 Å². The van der Waals surface area contributed by atoms with Gasteiger partial charge in [0.25, 0.3) is 0 Å². The molecule has 0 bridgehead atoms. The maximum Gasteiger partial charge on any atom is 0.0192 e. The summed E-state index contributed by atoms with van der Waals surface area (Å²) in [5, 5.41) is 0. The fourth-order valence-electron chi connectivity index (χ4n) is 0.722. The van der Waals surface area contributed by atoms with Crippen LogP contribution >= 0.6 is 12.2 Å². The van der Waals surface area contributed by atoms with Crippen LogP contribution in [0.1, 0.15) is 13.3 Å². The maximum atomic E-state index is 4.96. The van der Waals surface area contributed by atoms with Crippen molar-refractivity contribution in [3.05, 3.63) is 23.8 Å². The van der Waals surface area contributed by atoms with E-state index in [1.165, 1.54) is 5.57 Å². The van der Waals surface area contributed by atoms with E-state index >= 15 is 0 Å². The Hall–Kier alpha value is -0.430. The van der Waals surface area contributed by atoms with Gasteiger partial charge in [-0.25, -0.2) is 0 Å². The third kappa shape index (κ3) is 1.27. The standard InChI is InChI=1S/C7H8S/c1-6-3-2-4-7(8)5-6/h2-3,5H,4H2,1H3. The molecule has 0 aromatic carbocycles. The molecule has 0 radical (unpaired) electrons. The minimum Gasteiger partial charge on any atom is -0.0846 e. The van der Waals surface area contributed by atoms with Gasteiger partial charge in [-0.1, -0.05) is 29.9 Å². The van der Waals surface area contributed by atoms with Crippen LogP contribution in [-0.2, 0) is 0 Å². The average molecular weight is 124 g/mol. The first-order chi connectivity index (χ1) is 3.79. The fraction of sp³-hybridized carbons (Fsp3) is 0.286. The summed E-state index contributed by atoms with van der Waals surface area (Å²) < 4.78 is 0. The summed E-state index contributed by atoms with van der Waals surface area (Å²) in [7, 11) is 0. The van der Waals surface area contributed by atoms with Crippen molar-refractivity contribution in [3.8, 4) is 0 Å². The van der Waals surface area contributed by atoms with Gasteiger partial charge in [0.05, 0.1) is 0 Å². The third-order valence-corrected chi connectivity index (χ3v) is 1.37. The molecule has 0 unspecified atom stereocenters. The van der Waals surface area contributed by atoms with Crippen molar-refractivity contribution in [2.45, 2.75) is 13.3 Å². The highest BCUT2D eigenvalue weighted by Gasteiger charge is 1.93. The SMILES string of the molecule is CC1=CC(=S)CC=C1. The Morgan fingerprint density at radius 3 is 2.75 bits per heavy atom. The molecule has 8 heavy (non-hydrogen) atoms. The lowest BCUT2D eigenvalue weighted by atomic mass is 10.1. The van der Waals surface area contributed by atoms with E-state index in [-0.39, 0.29) is 0 Å². The Bertz CT molecular complexity index is 163. The van der Waals surface area contributed by atoms with Gasteiger partial charge in [0, 0.05) is 11.3 Å². The predicted molar refractivity (Wildman–Crippen MR) is 40.1 cm³/mol. The van der Waals surface area contributed by atoms with E-state index in [0.717, 1.165) is 11.3 Å². The summed E-state index contributed by atoms with van der Waals surface area (Å²) in [6.45, 7) is 2.06. The lowest BCUT2D eigenvalue weighted by molar-refractivity contribution is 1.41. The van der Waals surface area contributed by atoms with Gasteiger partial charge in [0.15, 0.2) is 0 Å². The highest BCUT2D eigenvalue weighted by Crippen LogP contribution is 2.05. The van der Waals surface area contributed by atoms with E-state index in [9.17, 15) is 0 Å². The van der Waals surface area contributed by atoms with Gasteiger partial charge in [-0.3, -0.25) is 0 Å². The van der Waals surface area contributed by atoms with Crippen LogP contribution in [-0.4, -0.2) is 4.86 Å². The zero-order chi connectivity index (χ0) is 5.98. The number of thiocarbonyl (C=S) groups is 1. The van der Waals surface area contributed by atoms with Gasteiger partial charge in [0.1, 0.15) is 0 Å². The van der Waals surface area contributed by atoms with Crippen LogP contribution in [0.3, 0.4) is 0 Å². The molecule has 42 valence electrons. The molecule has 0 amide bonds. The fourth-order valence-corrected chi connectivity index (χ4v) is 1.00. The van der Waals surface area contributed by atoms with Crippen LogP contribution in [0.15, 0.2) is 23.8 Å². The monoisotopic (exact) mass is 124 g/mol. The molecule has 0 N–H and O–H groups in total. The second-order valence-electron chi connectivity index (χ2n) is 1.96. The summed E-state index contributed by atoms with van der Waals surface area (Å²) in [6.07, 6.45) is 7.18. The first-order valence-corrected chi connectivity index (χ1v) is 3.07. The van der Waals surface area contributed by atoms with E-state index in [1.54, 1.807) is 0 Å². The Kier molecular flexibility index (Phi) is 1.59. The molecule has 0 saturated heterocycles. The van der Waals surface area contributed by atoms with Crippen molar-refractivity contribution >= 4 is 17.1 Å². The van der Waals surface area contributed by atoms with Gasteiger partial charge < -0.3 is 0 Å². The van der Waals surface area contributed by atoms with Gasteiger partial charge in [-0.2, -0.15) is 0 Å². The normalized spacial score (nSPS) is 18.6. The average Bonchev–Trinajstić information content (AvgIpc) is 1.64. The number of allylic oxidation sites excluding steroid dienone is 4.